The summed E-state index contributed by atoms with van der Waals surface area (Å²) in [7, 11) is 0. The van der Waals surface area contributed by atoms with Crippen molar-refractivity contribution in [3.63, 3.8) is 0 Å². The average molecular weight is 329 g/mol. The fraction of sp³-hybridized carbons (Fsp3) is 0.278. The number of hydrogen-bond donors (Lipinski definition) is 0. The van der Waals surface area contributed by atoms with Crippen LogP contribution >= 0.6 is 15.9 Å². The molecule has 0 bridgehead atoms. The summed E-state index contributed by atoms with van der Waals surface area (Å²) in [5, 5.41) is 0. The van der Waals surface area contributed by atoms with Crippen molar-refractivity contribution in [2.24, 2.45) is 0 Å². The van der Waals surface area contributed by atoms with Gasteiger partial charge in [0.2, 0.25) is 0 Å². The molecule has 1 nitrogen and oxygen atoms in total. The van der Waals surface area contributed by atoms with Crippen LogP contribution in [0.3, 0.4) is 0 Å². The fourth-order valence-corrected chi connectivity index (χ4v) is 3.71. The SMILES string of the molecule is CCc1cc2c(c(CC)c1C=O)Cc1cc(Br)ccc1-2. The van der Waals surface area contributed by atoms with Crippen LogP contribution in [0, 0.1) is 0 Å². The van der Waals surface area contributed by atoms with Crippen LogP contribution < -0.4 is 0 Å². The third-order valence-electron chi connectivity index (χ3n) is 4.26. The number of carbonyl (C=O) groups is 1. The number of benzene rings is 2. The van der Waals surface area contributed by atoms with Gasteiger partial charge in [0.15, 0.2) is 6.29 Å². The highest BCUT2D eigenvalue weighted by Gasteiger charge is 2.24. The second kappa shape index (κ2) is 5.17. The van der Waals surface area contributed by atoms with E-state index < -0.39 is 0 Å². The Hall–Kier alpha value is -1.41. The first-order chi connectivity index (χ1) is 9.69. The van der Waals surface area contributed by atoms with E-state index >= 15 is 0 Å². The predicted octanol–water partition coefficient (Wildman–Crippen LogP) is 4.96. The summed E-state index contributed by atoms with van der Waals surface area (Å²) in [4.78, 5) is 11.5. The van der Waals surface area contributed by atoms with Gasteiger partial charge in [-0.25, -0.2) is 0 Å². The van der Waals surface area contributed by atoms with Crippen molar-refractivity contribution in [1.82, 2.24) is 0 Å². The summed E-state index contributed by atoms with van der Waals surface area (Å²) in [6.45, 7) is 4.26. The molecular formula is C18H17BrO. The second-order valence-electron chi connectivity index (χ2n) is 5.26. The Labute approximate surface area is 128 Å². The Morgan fingerprint density at radius 3 is 2.60 bits per heavy atom. The van der Waals surface area contributed by atoms with Crippen molar-refractivity contribution in [2.45, 2.75) is 33.1 Å². The molecule has 0 aliphatic heterocycles. The minimum Gasteiger partial charge on any atom is -0.298 e. The van der Waals surface area contributed by atoms with E-state index in [4.69, 9.17) is 0 Å². The monoisotopic (exact) mass is 328 g/mol. The van der Waals surface area contributed by atoms with E-state index in [0.29, 0.717) is 0 Å². The summed E-state index contributed by atoms with van der Waals surface area (Å²) in [6.07, 6.45) is 3.80. The lowest BCUT2D eigenvalue weighted by atomic mass is 9.90. The van der Waals surface area contributed by atoms with Gasteiger partial charge in [-0.1, -0.05) is 41.9 Å². The summed E-state index contributed by atoms with van der Waals surface area (Å²) in [5.41, 5.74) is 8.68. The molecule has 20 heavy (non-hydrogen) atoms. The number of carbonyl (C=O) groups excluding carboxylic acids is 1. The number of aryl methyl sites for hydroxylation is 1. The molecule has 0 aromatic heterocycles. The zero-order valence-electron chi connectivity index (χ0n) is 11.8. The van der Waals surface area contributed by atoms with Crippen molar-refractivity contribution < 1.29 is 4.79 Å². The molecule has 2 heteroatoms. The fourth-order valence-electron chi connectivity index (χ4n) is 3.31. The molecule has 2 aromatic carbocycles. The van der Waals surface area contributed by atoms with E-state index in [2.05, 4.69) is 54.0 Å². The van der Waals surface area contributed by atoms with Crippen molar-refractivity contribution in [3.8, 4) is 11.1 Å². The molecule has 0 heterocycles. The quantitative estimate of drug-likeness (QED) is 0.621. The average Bonchev–Trinajstić information content (AvgIpc) is 2.81. The van der Waals surface area contributed by atoms with Crippen molar-refractivity contribution in [3.05, 3.63) is 56.6 Å². The maximum Gasteiger partial charge on any atom is 0.150 e. The van der Waals surface area contributed by atoms with Gasteiger partial charge >= 0.3 is 0 Å². The summed E-state index contributed by atoms with van der Waals surface area (Å²) >= 11 is 3.55. The van der Waals surface area contributed by atoms with Crippen LogP contribution in [0.15, 0.2) is 28.7 Å². The van der Waals surface area contributed by atoms with Gasteiger partial charge < -0.3 is 0 Å². The van der Waals surface area contributed by atoms with Gasteiger partial charge in [-0.15, -0.1) is 0 Å². The van der Waals surface area contributed by atoms with Crippen molar-refractivity contribution in [2.75, 3.05) is 0 Å². The Kier molecular flexibility index (Phi) is 3.51. The standard InChI is InChI=1S/C18H17BrO/c1-3-11-8-17-15-6-5-13(19)7-12(15)9-16(17)14(4-2)18(11)10-20/h5-8,10H,3-4,9H2,1-2H3. The molecule has 3 rings (SSSR count). The summed E-state index contributed by atoms with van der Waals surface area (Å²) in [5.74, 6) is 0. The molecule has 1 aliphatic rings. The summed E-state index contributed by atoms with van der Waals surface area (Å²) < 4.78 is 1.12. The zero-order valence-corrected chi connectivity index (χ0v) is 13.4. The van der Waals surface area contributed by atoms with Crippen molar-refractivity contribution >= 4 is 22.2 Å². The van der Waals surface area contributed by atoms with Crippen LogP contribution in [0.2, 0.25) is 0 Å². The van der Waals surface area contributed by atoms with Gasteiger partial charge in [-0.3, -0.25) is 4.79 Å². The Bertz CT molecular complexity index is 701. The molecular weight excluding hydrogens is 312 g/mol. The highest BCUT2D eigenvalue weighted by Crippen LogP contribution is 2.41. The highest BCUT2D eigenvalue weighted by atomic mass is 79.9. The third-order valence-corrected chi connectivity index (χ3v) is 4.75. The minimum absolute atomic E-state index is 0.903. The van der Waals surface area contributed by atoms with E-state index in [1.165, 1.54) is 33.4 Å². The normalized spacial score (nSPS) is 12.2. The van der Waals surface area contributed by atoms with Gasteiger partial charge in [0, 0.05) is 10.0 Å². The molecule has 1 aliphatic carbocycles. The van der Waals surface area contributed by atoms with E-state index in [1.807, 2.05) is 0 Å². The van der Waals surface area contributed by atoms with Gasteiger partial charge in [0.1, 0.15) is 0 Å². The van der Waals surface area contributed by atoms with Crippen LogP contribution in [0.25, 0.3) is 11.1 Å². The first-order valence-corrected chi connectivity index (χ1v) is 7.90. The lowest BCUT2D eigenvalue weighted by Gasteiger charge is -2.14. The Morgan fingerprint density at radius 2 is 1.95 bits per heavy atom. The van der Waals surface area contributed by atoms with Crippen LogP contribution in [0.5, 0.6) is 0 Å². The smallest absolute Gasteiger partial charge is 0.150 e. The number of aldehydes is 1. The van der Waals surface area contributed by atoms with Crippen molar-refractivity contribution in [1.29, 1.82) is 0 Å². The van der Waals surface area contributed by atoms with Gasteiger partial charge in [-0.2, -0.15) is 0 Å². The molecule has 0 unspecified atom stereocenters. The van der Waals surface area contributed by atoms with E-state index in [-0.39, 0.29) is 0 Å². The molecule has 0 atom stereocenters. The lowest BCUT2D eigenvalue weighted by Crippen LogP contribution is -2.02. The number of hydrogen-bond acceptors (Lipinski definition) is 1. The maximum absolute atomic E-state index is 11.5. The first-order valence-electron chi connectivity index (χ1n) is 7.11. The van der Waals surface area contributed by atoms with Gasteiger partial charge in [0.05, 0.1) is 0 Å². The highest BCUT2D eigenvalue weighted by molar-refractivity contribution is 9.10. The lowest BCUT2D eigenvalue weighted by molar-refractivity contribution is 0.112. The van der Waals surface area contributed by atoms with E-state index in [1.54, 1.807) is 0 Å². The molecule has 102 valence electrons. The van der Waals surface area contributed by atoms with Crippen LogP contribution in [0.1, 0.15) is 46.5 Å². The van der Waals surface area contributed by atoms with E-state index in [9.17, 15) is 4.79 Å². The first kappa shape index (κ1) is 13.6. The number of fused-ring (bicyclic) bond motifs is 3. The predicted molar refractivity (Wildman–Crippen MR) is 86.5 cm³/mol. The minimum atomic E-state index is 0.903. The van der Waals surface area contributed by atoms with Gasteiger partial charge in [-0.05, 0) is 64.8 Å². The van der Waals surface area contributed by atoms with Crippen LogP contribution in [-0.2, 0) is 19.3 Å². The summed E-state index contributed by atoms with van der Waals surface area (Å²) in [6, 6.07) is 8.70. The van der Waals surface area contributed by atoms with Crippen LogP contribution in [-0.4, -0.2) is 6.29 Å². The second-order valence-corrected chi connectivity index (χ2v) is 6.17. The zero-order chi connectivity index (χ0) is 14.3. The third kappa shape index (κ3) is 1.94. The molecule has 0 saturated heterocycles. The maximum atomic E-state index is 11.5. The molecule has 0 fully saturated rings. The Balaban J connectivity index is 2.30. The molecule has 0 saturated carbocycles. The molecule has 0 N–H and O–H groups in total. The van der Waals surface area contributed by atoms with Crippen LogP contribution in [0.4, 0.5) is 0 Å². The van der Waals surface area contributed by atoms with E-state index in [0.717, 1.165) is 35.6 Å². The number of rotatable bonds is 3. The Morgan fingerprint density at radius 1 is 1.15 bits per heavy atom. The topological polar surface area (TPSA) is 17.1 Å². The molecule has 0 spiro atoms. The molecule has 2 aromatic rings. The molecule has 0 amide bonds. The molecule has 0 radical (unpaired) electrons. The van der Waals surface area contributed by atoms with Gasteiger partial charge in [0.25, 0.3) is 0 Å². The number of halogens is 1. The largest absolute Gasteiger partial charge is 0.298 e.